The van der Waals surface area contributed by atoms with Gasteiger partial charge in [-0.1, -0.05) is 24.3 Å². The Morgan fingerprint density at radius 1 is 1.36 bits per heavy atom. The van der Waals surface area contributed by atoms with Crippen molar-refractivity contribution in [1.82, 2.24) is 4.90 Å². The average Bonchev–Trinajstić information content (AvgIpc) is 3.08. The second-order valence-corrected chi connectivity index (χ2v) is 8.22. The number of carbonyl (C=O) groups excluding carboxylic acids is 2. The third-order valence-electron chi connectivity index (χ3n) is 7.85. The van der Waals surface area contributed by atoms with Crippen LogP contribution in [0.5, 0.6) is 0 Å². The zero-order valence-electron chi connectivity index (χ0n) is 14.1. The molecule has 128 valence electrons. The summed E-state index contributed by atoms with van der Waals surface area (Å²) in [5, 5.41) is 3.08. The Labute approximate surface area is 146 Å². The number of fused-ring (bicyclic) bond motifs is 5. The van der Waals surface area contributed by atoms with E-state index in [1.54, 1.807) is 0 Å². The molecule has 3 heterocycles. The molecule has 2 amide bonds. The van der Waals surface area contributed by atoms with Crippen LogP contribution in [0.1, 0.15) is 12.0 Å². The minimum Gasteiger partial charge on any atom is -0.376 e. The largest absolute Gasteiger partial charge is 0.376 e. The van der Waals surface area contributed by atoms with E-state index in [1.165, 1.54) is 0 Å². The number of likely N-dealkylation sites (tertiary alicyclic amines) is 1. The van der Waals surface area contributed by atoms with Crippen molar-refractivity contribution in [1.29, 1.82) is 0 Å². The highest BCUT2D eigenvalue weighted by Crippen LogP contribution is 2.73. The van der Waals surface area contributed by atoms with Crippen LogP contribution < -0.4 is 5.32 Å². The maximum Gasteiger partial charge on any atom is 0.238 e. The average molecular weight is 336 g/mol. The molecule has 7 atom stereocenters. The normalized spacial score (nSPS) is 48.2. The van der Waals surface area contributed by atoms with Crippen LogP contribution in [0.15, 0.2) is 36.9 Å². The van der Waals surface area contributed by atoms with Crippen LogP contribution in [0, 0.1) is 23.2 Å². The van der Waals surface area contributed by atoms with Gasteiger partial charge < -0.3 is 15.0 Å². The molecular weight excluding hydrogens is 316 g/mol. The molecule has 1 spiro atoms. The van der Waals surface area contributed by atoms with Crippen LogP contribution >= 0.6 is 0 Å². The van der Waals surface area contributed by atoms with E-state index in [0.29, 0.717) is 12.5 Å². The maximum absolute atomic E-state index is 13.4. The first kappa shape index (κ1) is 14.1. The van der Waals surface area contributed by atoms with Crippen molar-refractivity contribution < 1.29 is 14.3 Å². The van der Waals surface area contributed by atoms with E-state index in [4.69, 9.17) is 4.74 Å². The van der Waals surface area contributed by atoms with Gasteiger partial charge in [-0.05, 0) is 24.0 Å². The number of amides is 2. The molecule has 1 aromatic rings. The van der Waals surface area contributed by atoms with Crippen LogP contribution in [0.2, 0.25) is 0 Å². The summed E-state index contributed by atoms with van der Waals surface area (Å²) in [6, 6.07) is 7.93. The van der Waals surface area contributed by atoms with Crippen LogP contribution in [-0.2, 0) is 19.7 Å². The number of hydrogen-bond acceptors (Lipinski definition) is 3. The van der Waals surface area contributed by atoms with Gasteiger partial charge in [0.15, 0.2) is 0 Å². The van der Waals surface area contributed by atoms with Crippen molar-refractivity contribution in [2.24, 2.45) is 23.2 Å². The predicted octanol–water partition coefficient (Wildman–Crippen LogP) is 1.55. The first-order chi connectivity index (χ1) is 12.1. The Morgan fingerprint density at radius 2 is 2.16 bits per heavy atom. The predicted molar refractivity (Wildman–Crippen MR) is 90.8 cm³/mol. The molecule has 2 aliphatic carbocycles. The quantitative estimate of drug-likeness (QED) is 0.792. The molecule has 6 rings (SSSR count). The second-order valence-electron chi connectivity index (χ2n) is 8.22. The molecule has 1 aromatic carbocycles. The van der Waals surface area contributed by atoms with E-state index in [9.17, 15) is 9.59 Å². The molecule has 3 aliphatic heterocycles. The van der Waals surface area contributed by atoms with Gasteiger partial charge >= 0.3 is 0 Å². The summed E-state index contributed by atoms with van der Waals surface area (Å²) in [6.45, 7) is 4.70. The van der Waals surface area contributed by atoms with E-state index in [2.05, 4.69) is 11.9 Å². The van der Waals surface area contributed by atoms with E-state index >= 15 is 0 Å². The summed E-state index contributed by atoms with van der Waals surface area (Å²) in [4.78, 5) is 28.5. The fourth-order valence-electron chi connectivity index (χ4n) is 7.17. The molecule has 0 unspecified atom stereocenters. The van der Waals surface area contributed by atoms with Crippen LogP contribution in [0.4, 0.5) is 5.69 Å². The van der Waals surface area contributed by atoms with E-state index in [0.717, 1.165) is 17.7 Å². The minimum atomic E-state index is -0.794. The summed E-state index contributed by atoms with van der Waals surface area (Å²) in [5.74, 6) is 0.560. The number of ether oxygens (including phenoxy) is 1. The maximum atomic E-state index is 13.4. The van der Waals surface area contributed by atoms with E-state index in [1.807, 2.05) is 42.3 Å². The molecule has 5 nitrogen and oxygen atoms in total. The number of nitrogens with one attached hydrogen (secondary N) is 1. The molecule has 0 radical (unpaired) electrons. The van der Waals surface area contributed by atoms with Gasteiger partial charge in [-0.15, -0.1) is 6.58 Å². The third-order valence-corrected chi connectivity index (χ3v) is 7.85. The van der Waals surface area contributed by atoms with Crippen LogP contribution in [0.25, 0.3) is 0 Å². The minimum absolute atomic E-state index is 0.0102. The molecule has 2 saturated carbocycles. The molecular formula is C20H20N2O3. The van der Waals surface area contributed by atoms with Gasteiger partial charge in [0.1, 0.15) is 5.41 Å². The number of benzene rings is 1. The number of para-hydroxylation sites is 1. The summed E-state index contributed by atoms with van der Waals surface area (Å²) in [6.07, 6.45) is 2.45. The van der Waals surface area contributed by atoms with Crippen molar-refractivity contribution in [3.63, 3.8) is 0 Å². The lowest BCUT2D eigenvalue weighted by Crippen LogP contribution is -2.63. The van der Waals surface area contributed by atoms with Gasteiger partial charge in [-0.3, -0.25) is 9.59 Å². The number of rotatable bonds is 1. The zero-order valence-corrected chi connectivity index (χ0v) is 14.1. The van der Waals surface area contributed by atoms with Gasteiger partial charge in [0.05, 0.1) is 18.1 Å². The summed E-state index contributed by atoms with van der Waals surface area (Å²) >= 11 is 0. The Morgan fingerprint density at radius 3 is 2.96 bits per heavy atom. The Kier molecular flexibility index (Phi) is 2.24. The number of carbonyl (C=O) groups is 2. The number of hydrogen-bond donors (Lipinski definition) is 1. The fraction of sp³-hybridized carbons (Fsp3) is 0.500. The van der Waals surface area contributed by atoms with Crippen molar-refractivity contribution in [2.45, 2.75) is 24.0 Å². The standard InChI is InChI=1S/C20H20N2O3/c1-3-19-12-8-14-20(11-6-4-5-7-13(11)21-17(20)23)16(19)15(10(12)9-25-14)22(2)18(19)24/h3-7,10,12,14-16H,1,8-9H2,2H3,(H,21,23)/t10-,12+,14+,15+,16-,19-,20-/m0/s1. The smallest absolute Gasteiger partial charge is 0.238 e. The SMILES string of the molecule is C=C[C@]12C(=O)N(C)[C@@H]3[C@H]4CO[C@H](C[C@H]41)[C@]1(C(=O)Nc4ccccc41)[C@@H]32. The molecule has 4 fully saturated rings. The van der Waals surface area contributed by atoms with Gasteiger partial charge in [-0.2, -0.15) is 0 Å². The molecule has 2 saturated heterocycles. The van der Waals surface area contributed by atoms with Crippen molar-refractivity contribution in [2.75, 3.05) is 19.0 Å². The van der Waals surface area contributed by atoms with Gasteiger partial charge in [0, 0.05) is 30.6 Å². The van der Waals surface area contributed by atoms with Gasteiger partial charge in [-0.25, -0.2) is 0 Å². The van der Waals surface area contributed by atoms with Crippen LogP contribution in [-0.4, -0.2) is 42.5 Å². The Bertz CT molecular complexity index is 866. The van der Waals surface area contributed by atoms with E-state index < -0.39 is 10.8 Å². The van der Waals surface area contributed by atoms with Crippen molar-refractivity contribution in [3.05, 3.63) is 42.5 Å². The first-order valence-electron chi connectivity index (χ1n) is 9.02. The lowest BCUT2D eigenvalue weighted by molar-refractivity contribution is -0.167. The summed E-state index contributed by atoms with van der Waals surface area (Å²) in [5.41, 5.74) is 0.422. The Hall–Kier alpha value is -2.14. The van der Waals surface area contributed by atoms with E-state index in [-0.39, 0.29) is 35.8 Å². The first-order valence-corrected chi connectivity index (χ1v) is 9.02. The highest BCUT2D eigenvalue weighted by atomic mass is 16.5. The monoisotopic (exact) mass is 336 g/mol. The molecule has 5 bridgehead atoms. The third kappa shape index (κ3) is 1.14. The molecule has 5 aliphatic rings. The van der Waals surface area contributed by atoms with Crippen molar-refractivity contribution >= 4 is 17.5 Å². The molecule has 25 heavy (non-hydrogen) atoms. The molecule has 5 heteroatoms. The zero-order chi connectivity index (χ0) is 17.1. The lowest BCUT2D eigenvalue weighted by Gasteiger charge is -2.53. The second kappa shape index (κ2) is 3.98. The lowest BCUT2D eigenvalue weighted by atomic mass is 9.51. The Balaban J connectivity index is 1.71. The summed E-state index contributed by atoms with van der Waals surface area (Å²) < 4.78 is 6.26. The van der Waals surface area contributed by atoms with Gasteiger partial charge in [0.2, 0.25) is 11.8 Å². The van der Waals surface area contributed by atoms with Gasteiger partial charge in [0.25, 0.3) is 0 Å². The molecule has 1 N–H and O–H groups in total. The molecule has 0 aromatic heterocycles. The number of anilines is 1. The topological polar surface area (TPSA) is 58.6 Å². The van der Waals surface area contributed by atoms with Crippen LogP contribution in [0.3, 0.4) is 0 Å². The summed E-state index contributed by atoms with van der Waals surface area (Å²) in [7, 11) is 1.88. The highest BCUT2D eigenvalue weighted by Gasteiger charge is 2.82. The fourth-order valence-corrected chi connectivity index (χ4v) is 7.17. The number of nitrogens with zero attached hydrogens (tertiary/aromatic N) is 1. The number of piperidine rings is 1. The van der Waals surface area contributed by atoms with Crippen molar-refractivity contribution in [3.8, 4) is 0 Å². The highest BCUT2D eigenvalue weighted by molar-refractivity contribution is 6.09.